The second kappa shape index (κ2) is 11.4. The van der Waals surface area contributed by atoms with Crippen LogP contribution in [0.15, 0.2) is 48.5 Å². The highest BCUT2D eigenvalue weighted by atomic mass is 16.6. The number of aryl methyl sites for hydroxylation is 1. The summed E-state index contributed by atoms with van der Waals surface area (Å²) in [5.74, 6) is -2.28. The number of aliphatic hydroxyl groups excluding tert-OH is 1. The van der Waals surface area contributed by atoms with E-state index in [9.17, 15) is 24.9 Å². The molecule has 0 aromatic heterocycles. The average molecular weight is 473 g/mol. The summed E-state index contributed by atoms with van der Waals surface area (Å²) in [6, 6.07) is 15.8. The van der Waals surface area contributed by atoms with Crippen LogP contribution in [0.2, 0.25) is 0 Å². The Morgan fingerprint density at radius 3 is 2.38 bits per heavy atom. The number of carboxylic acids is 1. The number of hydrogen-bond acceptors (Lipinski definition) is 8. The molecule has 0 radical (unpaired) electrons. The lowest BCUT2D eigenvalue weighted by molar-refractivity contribution is -0.223. The van der Waals surface area contributed by atoms with Crippen molar-refractivity contribution in [2.45, 2.75) is 25.2 Å². The van der Waals surface area contributed by atoms with Crippen molar-refractivity contribution in [3.8, 4) is 5.75 Å². The molecule has 0 spiro atoms. The summed E-state index contributed by atoms with van der Waals surface area (Å²) in [5.41, 5.74) is 0.511. The van der Waals surface area contributed by atoms with Gasteiger partial charge in [0.1, 0.15) is 19.0 Å². The minimum Gasteiger partial charge on any atom is -0.490 e. The number of nitrogens with zero attached hydrogens (tertiary/aromatic N) is 2. The van der Waals surface area contributed by atoms with Crippen molar-refractivity contribution in [3.05, 3.63) is 65.2 Å². The third-order valence-corrected chi connectivity index (χ3v) is 5.93. The van der Waals surface area contributed by atoms with Gasteiger partial charge < -0.3 is 29.7 Å². The fourth-order valence-electron chi connectivity index (χ4n) is 3.93. The maximum atomic E-state index is 12.7. The largest absolute Gasteiger partial charge is 0.490 e. The molecule has 1 aliphatic heterocycles. The summed E-state index contributed by atoms with van der Waals surface area (Å²) in [6.07, 6.45) is -1.68. The SMILES string of the molecule is Cc1ccc(OCCOC(=O)C(O)(C(O)C(=O)O)N2CCN(C)CC2)c(Cc2ccccc2)c1. The zero-order chi connectivity index (χ0) is 24.7. The molecular weight excluding hydrogens is 440 g/mol. The highest BCUT2D eigenvalue weighted by molar-refractivity contribution is 5.87. The number of carbonyl (C=O) groups is 2. The van der Waals surface area contributed by atoms with Crippen LogP contribution >= 0.6 is 0 Å². The summed E-state index contributed by atoms with van der Waals surface area (Å²) in [5, 5.41) is 30.3. The summed E-state index contributed by atoms with van der Waals surface area (Å²) < 4.78 is 11.0. The summed E-state index contributed by atoms with van der Waals surface area (Å²) in [4.78, 5) is 27.4. The number of esters is 1. The van der Waals surface area contributed by atoms with Gasteiger partial charge in [0.25, 0.3) is 5.72 Å². The fraction of sp³-hybridized carbons (Fsp3) is 0.440. The average Bonchev–Trinajstić information content (AvgIpc) is 2.82. The van der Waals surface area contributed by atoms with Gasteiger partial charge >= 0.3 is 11.9 Å². The lowest BCUT2D eigenvalue weighted by atomic mass is 10.0. The minimum atomic E-state index is -2.69. The number of ether oxygens (including phenoxy) is 2. The van der Waals surface area contributed by atoms with Crippen molar-refractivity contribution in [3.63, 3.8) is 0 Å². The van der Waals surface area contributed by atoms with Crippen molar-refractivity contribution in [1.82, 2.24) is 9.80 Å². The highest BCUT2D eigenvalue weighted by Gasteiger charge is 2.54. The molecule has 3 rings (SSSR count). The molecule has 2 unspecified atom stereocenters. The van der Waals surface area contributed by atoms with E-state index in [1.807, 2.05) is 67.4 Å². The second-order valence-corrected chi connectivity index (χ2v) is 8.52. The summed E-state index contributed by atoms with van der Waals surface area (Å²) in [6.45, 7) is 3.18. The molecule has 1 fully saturated rings. The number of aliphatic hydroxyl groups is 2. The van der Waals surface area contributed by atoms with Crippen molar-refractivity contribution in [1.29, 1.82) is 0 Å². The molecule has 9 nitrogen and oxygen atoms in total. The number of benzene rings is 2. The molecule has 1 saturated heterocycles. The van der Waals surface area contributed by atoms with Crippen LogP contribution in [-0.2, 0) is 20.7 Å². The first-order chi connectivity index (χ1) is 16.2. The van der Waals surface area contributed by atoms with Crippen LogP contribution in [0.5, 0.6) is 5.75 Å². The Hall–Kier alpha value is -2.98. The zero-order valence-electron chi connectivity index (χ0n) is 19.5. The fourth-order valence-corrected chi connectivity index (χ4v) is 3.93. The second-order valence-electron chi connectivity index (χ2n) is 8.52. The van der Waals surface area contributed by atoms with Gasteiger partial charge in [0.15, 0.2) is 0 Å². The highest BCUT2D eigenvalue weighted by Crippen LogP contribution is 2.24. The lowest BCUT2D eigenvalue weighted by Gasteiger charge is -2.42. The third kappa shape index (κ3) is 6.12. The maximum absolute atomic E-state index is 12.7. The number of piperazine rings is 1. The van der Waals surface area contributed by atoms with E-state index in [0.29, 0.717) is 25.3 Å². The topological polar surface area (TPSA) is 120 Å². The molecule has 0 saturated carbocycles. The molecule has 34 heavy (non-hydrogen) atoms. The zero-order valence-corrected chi connectivity index (χ0v) is 19.5. The molecule has 1 heterocycles. The first-order valence-corrected chi connectivity index (χ1v) is 11.2. The van der Waals surface area contributed by atoms with Crippen LogP contribution in [0.25, 0.3) is 0 Å². The van der Waals surface area contributed by atoms with E-state index in [2.05, 4.69) is 0 Å². The summed E-state index contributed by atoms with van der Waals surface area (Å²) in [7, 11) is 1.87. The number of likely N-dealkylation sites (N-methyl/N-ethyl adjacent to an activating group) is 1. The van der Waals surface area contributed by atoms with E-state index >= 15 is 0 Å². The molecule has 1 aliphatic rings. The smallest absolute Gasteiger partial charge is 0.357 e. The number of rotatable bonds is 10. The van der Waals surface area contributed by atoms with Gasteiger partial charge in [0.05, 0.1) is 0 Å². The molecule has 2 aromatic carbocycles. The first kappa shape index (κ1) is 25.6. The van der Waals surface area contributed by atoms with E-state index in [0.717, 1.165) is 16.7 Å². The Balaban J connectivity index is 1.63. The predicted molar refractivity (Wildman–Crippen MR) is 125 cm³/mol. The molecule has 0 amide bonds. The molecule has 2 aromatic rings. The van der Waals surface area contributed by atoms with Gasteiger partial charge in [0.2, 0.25) is 6.10 Å². The molecule has 2 atom stereocenters. The Morgan fingerprint density at radius 1 is 1.06 bits per heavy atom. The monoisotopic (exact) mass is 472 g/mol. The van der Waals surface area contributed by atoms with Crippen LogP contribution in [0, 0.1) is 6.92 Å². The van der Waals surface area contributed by atoms with Gasteiger partial charge in [-0.1, -0.05) is 48.0 Å². The van der Waals surface area contributed by atoms with Crippen LogP contribution in [0.3, 0.4) is 0 Å². The van der Waals surface area contributed by atoms with Gasteiger partial charge in [-0.3, -0.25) is 4.90 Å². The number of hydrogen-bond donors (Lipinski definition) is 3. The Bertz CT molecular complexity index is 976. The van der Waals surface area contributed by atoms with Crippen molar-refractivity contribution in [2.75, 3.05) is 46.4 Å². The van der Waals surface area contributed by atoms with Gasteiger partial charge in [-0.15, -0.1) is 0 Å². The molecule has 184 valence electrons. The van der Waals surface area contributed by atoms with Crippen molar-refractivity contribution < 1.29 is 34.4 Å². The van der Waals surface area contributed by atoms with E-state index in [1.165, 1.54) is 4.90 Å². The van der Waals surface area contributed by atoms with Crippen molar-refractivity contribution >= 4 is 11.9 Å². The third-order valence-electron chi connectivity index (χ3n) is 5.93. The normalized spacial score (nSPS) is 17.5. The van der Waals surface area contributed by atoms with E-state index in [1.54, 1.807) is 0 Å². The van der Waals surface area contributed by atoms with E-state index < -0.39 is 23.8 Å². The quantitative estimate of drug-likeness (QED) is 0.342. The van der Waals surface area contributed by atoms with E-state index in [-0.39, 0.29) is 26.3 Å². The van der Waals surface area contributed by atoms with Crippen LogP contribution < -0.4 is 4.74 Å². The van der Waals surface area contributed by atoms with Gasteiger partial charge in [-0.2, -0.15) is 0 Å². The Morgan fingerprint density at radius 2 is 1.74 bits per heavy atom. The number of carboxylic acid groups (broad SMARTS) is 1. The minimum absolute atomic E-state index is 0.00141. The Labute approximate surface area is 199 Å². The standard InChI is InChI=1S/C25H32N2O7/c1-18-8-9-21(20(16-18)17-19-6-4-3-5-7-19)33-14-15-34-24(31)25(32,22(28)23(29)30)27-12-10-26(2)11-13-27/h3-9,16,22,28,32H,10-15,17H2,1-2H3,(H,29,30). The molecule has 0 aliphatic carbocycles. The van der Waals surface area contributed by atoms with Crippen LogP contribution in [-0.4, -0.2) is 95.3 Å². The molecular formula is C25H32N2O7. The maximum Gasteiger partial charge on any atom is 0.357 e. The van der Waals surface area contributed by atoms with Gasteiger partial charge in [0, 0.05) is 32.6 Å². The Kier molecular flexibility index (Phi) is 8.62. The first-order valence-electron chi connectivity index (χ1n) is 11.2. The van der Waals surface area contributed by atoms with Gasteiger partial charge in [-0.25, -0.2) is 9.59 Å². The number of aliphatic carboxylic acids is 1. The van der Waals surface area contributed by atoms with Crippen molar-refractivity contribution in [2.24, 2.45) is 0 Å². The van der Waals surface area contributed by atoms with E-state index in [4.69, 9.17) is 9.47 Å². The van der Waals surface area contributed by atoms with Crippen LogP contribution in [0.4, 0.5) is 0 Å². The molecule has 9 heteroatoms. The van der Waals surface area contributed by atoms with Crippen LogP contribution in [0.1, 0.15) is 16.7 Å². The molecule has 0 bridgehead atoms. The summed E-state index contributed by atoms with van der Waals surface area (Å²) >= 11 is 0. The molecule has 3 N–H and O–H groups in total. The lowest BCUT2D eigenvalue weighted by Crippen LogP contribution is -2.68. The number of carbonyl (C=O) groups excluding carboxylic acids is 1. The van der Waals surface area contributed by atoms with Gasteiger partial charge in [-0.05, 0) is 31.2 Å². The predicted octanol–water partition coefficient (Wildman–Crippen LogP) is 0.889.